The topological polar surface area (TPSA) is 12.0 Å². The SMILES string of the molecule is CCC(C)(C)NCCSC. The van der Waals surface area contributed by atoms with Gasteiger partial charge in [0.15, 0.2) is 0 Å². The van der Waals surface area contributed by atoms with Crippen LogP contribution in [0.2, 0.25) is 0 Å². The molecule has 0 saturated carbocycles. The van der Waals surface area contributed by atoms with Gasteiger partial charge in [-0.3, -0.25) is 0 Å². The summed E-state index contributed by atoms with van der Waals surface area (Å²) in [5.41, 5.74) is 0.329. The van der Waals surface area contributed by atoms with E-state index in [0.29, 0.717) is 5.54 Å². The Morgan fingerprint density at radius 2 is 2.00 bits per heavy atom. The summed E-state index contributed by atoms with van der Waals surface area (Å²) in [7, 11) is 0. The predicted octanol–water partition coefficient (Wildman–Crippen LogP) is 2.13. The Morgan fingerprint density at radius 1 is 1.40 bits per heavy atom. The van der Waals surface area contributed by atoms with Crippen LogP contribution < -0.4 is 5.32 Å². The zero-order valence-electron chi connectivity index (χ0n) is 7.53. The first-order chi connectivity index (χ1) is 4.62. The molecule has 0 amide bonds. The first-order valence-electron chi connectivity index (χ1n) is 3.86. The summed E-state index contributed by atoms with van der Waals surface area (Å²) in [6.45, 7) is 7.83. The minimum atomic E-state index is 0.329. The van der Waals surface area contributed by atoms with Gasteiger partial charge in [0.05, 0.1) is 0 Å². The maximum atomic E-state index is 3.49. The lowest BCUT2D eigenvalue weighted by Gasteiger charge is -2.24. The van der Waals surface area contributed by atoms with Crippen LogP contribution in [0, 0.1) is 0 Å². The van der Waals surface area contributed by atoms with E-state index in [4.69, 9.17) is 0 Å². The fourth-order valence-electron chi connectivity index (χ4n) is 0.616. The van der Waals surface area contributed by atoms with E-state index < -0.39 is 0 Å². The fourth-order valence-corrected chi connectivity index (χ4v) is 0.923. The number of rotatable bonds is 5. The lowest BCUT2D eigenvalue weighted by molar-refractivity contribution is 0.388. The third kappa shape index (κ3) is 5.12. The summed E-state index contributed by atoms with van der Waals surface area (Å²) in [5, 5.41) is 3.49. The van der Waals surface area contributed by atoms with Crippen molar-refractivity contribution in [1.82, 2.24) is 5.32 Å². The van der Waals surface area contributed by atoms with Gasteiger partial charge in [0, 0.05) is 17.8 Å². The van der Waals surface area contributed by atoms with E-state index in [1.807, 2.05) is 11.8 Å². The summed E-state index contributed by atoms with van der Waals surface area (Å²) in [5.74, 6) is 1.21. The highest BCUT2D eigenvalue weighted by atomic mass is 32.2. The van der Waals surface area contributed by atoms with Gasteiger partial charge in [0.2, 0.25) is 0 Å². The molecule has 0 bridgehead atoms. The Labute approximate surface area is 69.0 Å². The standard InChI is InChI=1S/C8H19NS/c1-5-8(2,3)9-6-7-10-4/h9H,5-7H2,1-4H3. The number of nitrogens with one attached hydrogen (secondary N) is 1. The highest BCUT2D eigenvalue weighted by Gasteiger charge is 2.11. The van der Waals surface area contributed by atoms with Gasteiger partial charge in [-0.15, -0.1) is 0 Å². The largest absolute Gasteiger partial charge is 0.311 e. The predicted molar refractivity (Wildman–Crippen MR) is 50.8 cm³/mol. The summed E-state index contributed by atoms with van der Waals surface area (Å²) < 4.78 is 0. The van der Waals surface area contributed by atoms with Crippen LogP contribution in [0.25, 0.3) is 0 Å². The van der Waals surface area contributed by atoms with E-state index in [-0.39, 0.29) is 0 Å². The molecule has 0 unspecified atom stereocenters. The van der Waals surface area contributed by atoms with E-state index in [0.717, 1.165) is 6.54 Å². The van der Waals surface area contributed by atoms with E-state index in [1.165, 1.54) is 12.2 Å². The third-order valence-corrected chi connectivity index (χ3v) is 2.41. The Balaban J connectivity index is 3.28. The summed E-state index contributed by atoms with van der Waals surface area (Å²) in [6, 6.07) is 0. The lowest BCUT2D eigenvalue weighted by Crippen LogP contribution is -2.39. The van der Waals surface area contributed by atoms with Gasteiger partial charge in [0.1, 0.15) is 0 Å². The van der Waals surface area contributed by atoms with Crippen molar-refractivity contribution in [3.63, 3.8) is 0 Å². The fraction of sp³-hybridized carbons (Fsp3) is 1.00. The van der Waals surface area contributed by atoms with Crippen molar-refractivity contribution < 1.29 is 0 Å². The molecule has 0 aliphatic carbocycles. The smallest absolute Gasteiger partial charge is 0.0122 e. The molecule has 10 heavy (non-hydrogen) atoms. The van der Waals surface area contributed by atoms with Crippen LogP contribution in [0.1, 0.15) is 27.2 Å². The molecule has 0 saturated heterocycles. The zero-order valence-corrected chi connectivity index (χ0v) is 8.35. The van der Waals surface area contributed by atoms with E-state index >= 15 is 0 Å². The first-order valence-corrected chi connectivity index (χ1v) is 5.25. The minimum absolute atomic E-state index is 0.329. The summed E-state index contributed by atoms with van der Waals surface area (Å²) in [6.07, 6.45) is 3.34. The van der Waals surface area contributed by atoms with Gasteiger partial charge in [0.25, 0.3) is 0 Å². The van der Waals surface area contributed by atoms with Crippen molar-refractivity contribution in [3.05, 3.63) is 0 Å². The first kappa shape index (κ1) is 10.3. The average molecular weight is 161 g/mol. The summed E-state index contributed by atoms with van der Waals surface area (Å²) >= 11 is 1.89. The van der Waals surface area contributed by atoms with Gasteiger partial charge in [-0.05, 0) is 26.5 Å². The molecule has 0 radical (unpaired) electrons. The van der Waals surface area contributed by atoms with Gasteiger partial charge in [-0.1, -0.05) is 6.92 Å². The maximum Gasteiger partial charge on any atom is 0.0122 e. The van der Waals surface area contributed by atoms with Crippen molar-refractivity contribution in [2.75, 3.05) is 18.6 Å². The monoisotopic (exact) mass is 161 g/mol. The molecule has 62 valence electrons. The maximum absolute atomic E-state index is 3.49. The van der Waals surface area contributed by atoms with E-state index in [1.54, 1.807) is 0 Å². The van der Waals surface area contributed by atoms with Crippen LogP contribution >= 0.6 is 11.8 Å². The molecule has 1 N–H and O–H groups in total. The Bertz CT molecular complexity index is 81.3. The zero-order chi connectivity index (χ0) is 8.04. The average Bonchev–Trinajstić information content (AvgIpc) is 1.89. The van der Waals surface area contributed by atoms with Gasteiger partial charge < -0.3 is 5.32 Å². The van der Waals surface area contributed by atoms with Gasteiger partial charge in [-0.25, -0.2) is 0 Å². The van der Waals surface area contributed by atoms with Gasteiger partial charge in [-0.2, -0.15) is 11.8 Å². The van der Waals surface area contributed by atoms with Crippen LogP contribution in [0.4, 0.5) is 0 Å². The van der Waals surface area contributed by atoms with Crippen molar-refractivity contribution in [2.24, 2.45) is 0 Å². The van der Waals surface area contributed by atoms with Crippen molar-refractivity contribution in [2.45, 2.75) is 32.7 Å². The van der Waals surface area contributed by atoms with Crippen molar-refractivity contribution in [3.8, 4) is 0 Å². The van der Waals surface area contributed by atoms with Crippen LogP contribution in [0.15, 0.2) is 0 Å². The molecular formula is C8H19NS. The molecule has 0 aliphatic heterocycles. The van der Waals surface area contributed by atoms with E-state index in [9.17, 15) is 0 Å². The van der Waals surface area contributed by atoms with Crippen LogP contribution in [0.5, 0.6) is 0 Å². The second-order valence-corrected chi connectivity index (χ2v) is 4.14. The van der Waals surface area contributed by atoms with Crippen molar-refractivity contribution in [1.29, 1.82) is 0 Å². The molecule has 0 spiro atoms. The second kappa shape index (κ2) is 5.03. The molecule has 0 heterocycles. The molecule has 0 aliphatic rings. The third-order valence-electron chi connectivity index (χ3n) is 1.79. The Morgan fingerprint density at radius 3 is 2.40 bits per heavy atom. The van der Waals surface area contributed by atoms with Gasteiger partial charge >= 0.3 is 0 Å². The molecule has 0 rings (SSSR count). The molecule has 0 aromatic carbocycles. The number of hydrogen-bond acceptors (Lipinski definition) is 2. The molecule has 0 aromatic heterocycles. The minimum Gasteiger partial charge on any atom is -0.311 e. The number of thioether (sulfide) groups is 1. The van der Waals surface area contributed by atoms with Crippen LogP contribution in [0.3, 0.4) is 0 Å². The van der Waals surface area contributed by atoms with Crippen molar-refractivity contribution >= 4 is 11.8 Å². The number of hydrogen-bond donors (Lipinski definition) is 1. The van der Waals surface area contributed by atoms with E-state index in [2.05, 4.69) is 32.3 Å². The Hall–Kier alpha value is 0.310. The normalized spacial score (nSPS) is 12.0. The molecule has 0 aromatic rings. The van der Waals surface area contributed by atoms with Crippen LogP contribution in [-0.2, 0) is 0 Å². The molecule has 2 heteroatoms. The molecule has 0 atom stereocenters. The second-order valence-electron chi connectivity index (χ2n) is 3.16. The van der Waals surface area contributed by atoms with Crippen LogP contribution in [-0.4, -0.2) is 24.1 Å². The summed E-state index contributed by atoms with van der Waals surface area (Å²) in [4.78, 5) is 0. The quantitative estimate of drug-likeness (QED) is 0.620. The molecular weight excluding hydrogens is 142 g/mol. The lowest BCUT2D eigenvalue weighted by atomic mass is 10.0. The Kier molecular flexibility index (Phi) is 5.18. The molecule has 1 nitrogen and oxygen atoms in total. The molecule has 0 fully saturated rings. The highest BCUT2D eigenvalue weighted by Crippen LogP contribution is 2.06. The highest BCUT2D eigenvalue weighted by molar-refractivity contribution is 7.98.